The van der Waals surface area contributed by atoms with Crippen LogP contribution in [-0.2, 0) is 0 Å². The quantitative estimate of drug-likeness (QED) is 0.834. The summed E-state index contributed by atoms with van der Waals surface area (Å²) in [7, 11) is 1.48. The molecule has 1 aromatic carbocycles. The number of aliphatic hydroxyl groups is 1. The van der Waals surface area contributed by atoms with E-state index in [0.717, 1.165) is 6.42 Å². The number of rotatable bonds is 5. The third kappa shape index (κ3) is 3.20. The molecule has 0 radical (unpaired) electrons. The van der Waals surface area contributed by atoms with Gasteiger partial charge in [-0.2, -0.15) is 0 Å². The van der Waals surface area contributed by atoms with Gasteiger partial charge in [-0.15, -0.1) is 0 Å². The molecule has 1 rings (SSSR count). The monoisotopic (exact) mass is 226 g/mol. The zero-order valence-electron chi connectivity index (χ0n) is 10.0. The highest BCUT2D eigenvalue weighted by Crippen LogP contribution is 2.31. The lowest BCUT2D eigenvalue weighted by Gasteiger charge is -2.16. The van der Waals surface area contributed by atoms with Crippen LogP contribution in [0.1, 0.15) is 38.4 Å². The SMILES string of the molecule is COc1cccc(F)c1C(O)CCC(C)C. The van der Waals surface area contributed by atoms with Gasteiger partial charge in [-0.1, -0.05) is 19.9 Å². The van der Waals surface area contributed by atoms with E-state index in [1.807, 2.05) is 0 Å². The zero-order valence-corrected chi connectivity index (χ0v) is 10.0. The Balaban J connectivity index is 2.84. The summed E-state index contributed by atoms with van der Waals surface area (Å²) in [5.41, 5.74) is 0.269. The van der Waals surface area contributed by atoms with Crippen molar-refractivity contribution in [1.82, 2.24) is 0 Å². The van der Waals surface area contributed by atoms with Crippen LogP contribution in [0.5, 0.6) is 5.75 Å². The highest BCUT2D eigenvalue weighted by atomic mass is 19.1. The lowest BCUT2D eigenvalue weighted by atomic mass is 9.99. The summed E-state index contributed by atoms with van der Waals surface area (Å²) in [5, 5.41) is 9.94. The third-order valence-electron chi connectivity index (χ3n) is 2.58. The molecule has 90 valence electrons. The topological polar surface area (TPSA) is 29.5 Å². The number of halogens is 1. The molecule has 0 aliphatic rings. The van der Waals surface area contributed by atoms with Gasteiger partial charge in [0.25, 0.3) is 0 Å². The molecule has 16 heavy (non-hydrogen) atoms. The maximum atomic E-state index is 13.6. The number of hydrogen-bond donors (Lipinski definition) is 1. The zero-order chi connectivity index (χ0) is 12.1. The Bertz CT molecular complexity index is 337. The van der Waals surface area contributed by atoms with Crippen molar-refractivity contribution < 1.29 is 14.2 Å². The molecule has 1 aromatic rings. The fourth-order valence-corrected chi connectivity index (χ4v) is 1.65. The first-order valence-electron chi connectivity index (χ1n) is 5.56. The number of methoxy groups -OCH3 is 1. The Morgan fingerprint density at radius 1 is 1.31 bits per heavy atom. The number of hydrogen-bond acceptors (Lipinski definition) is 2. The second-order valence-electron chi connectivity index (χ2n) is 4.34. The van der Waals surface area contributed by atoms with E-state index in [1.54, 1.807) is 12.1 Å². The predicted octanol–water partition coefficient (Wildman–Crippen LogP) is 3.30. The van der Waals surface area contributed by atoms with Crippen molar-refractivity contribution in [3.63, 3.8) is 0 Å². The van der Waals surface area contributed by atoms with Gasteiger partial charge in [-0.3, -0.25) is 0 Å². The van der Waals surface area contributed by atoms with Crippen LogP contribution >= 0.6 is 0 Å². The smallest absolute Gasteiger partial charge is 0.132 e. The molecule has 0 aliphatic carbocycles. The molecule has 0 bridgehead atoms. The van der Waals surface area contributed by atoms with E-state index in [2.05, 4.69) is 13.8 Å². The van der Waals surface area contributed by atoms with Crippen molar-refractivity contribution in [3.8, 4) is 5.75 Å². The largest absolute Gasteiger partial charge is 0.496 e. The van der Waals surface area contributed by atoms with Gasteiger partial charge < -0.3 is 9.84 Å². The van der Waals surface area contributed by atoms with Gasteiger partial charge in [-0.25, -0.2) is 4.39 Å². The molecule has 3 heteroatoms. The first kappa shape index (κ1) is 13.0. The van der Waals surface area contributed by atoms with Crippen LogP contribution in [0, 0.1) is 11.7 Å². The standard InChI is InChI=1S/C13H19FO2/c1-9(2)7-8-11(15)13-10(14)5-4-6-12(13)16-3/h4-6,9,11,15H,7-8H2,1-3H3. The van der Waals surface area contributed by atoms with Crippen LogP contribution in [0.15, 0.2) is 18.2 Å². The van der Waals surface area contributed by atoms with E-state index < -0.39 is 11.9 Å². The van der Waals surface area contributed by atoms with Crippen LogP contribution in [-0.4, -0.2) is 12.2 Å². The van der Waals surface area contributed by atoms with Crippen molar-refractivity contribution in [3.05, 3.63) is 29.6 Å². The lowest BCUT2D eigenvalue weighted by molar-refractivity contribution is 0.150. The number of aliphatic hydroxyl groups excluding tert-OH is 1. The van der Waals surface area contributed by atoms with Crippen molar-refractivity contribution in [1.29, 1.82) is 0 Å². The Morgan fingerprint density at radius 2 is 2.00 bits per heavy atom. The Labute approximate surface area is 96.1 Å². The fraction of sp³-hybridized carbons (Fsp3) is 0.538. The van der Waals surface area contributed by atoms with Gasteiger partial charge in [0, 0.05) is 0 Å². The van der Waals surface area contributed by atoms with Crippen LogP contribution in [0.3, 0.4) is 0 Å². The summed E-state index contributed by atoms with van der Waals surface area (Å²) in [6.07, 6.45) is 0.617. The molecular weight excluding hydrogens is 207 g/mol. The lowest BCUT2D eigenvalue weighted by Crippen LogP contribution is -2.05. The van der Waals surface area contributed by atoms with E-state index in [-0.39, 0.29) is 5.56 Å². The maximum Gasteiger partial charge on any atom is 0.132 e. The minimum Gasteiger partial charge on any atom is -0.496 e. The van der Waals surface area contributed by atoms with Gasteiger partial charge in [0.1, 0.15) is 11.6 Å². The van der Waals surface area contributed by atoms with Crippen LogP contribution in [0.4, 0.5) is 4.39 Å². The molecule has 0 saturated carbocycles. The van der Waals surface area contributed by atoms with Crippen LogP contribution < -0.4 is 4.74 Å². The number of ether oxygens (including phenoxy) is 1. The Morgan fingerprint density at radius 3 is 2.56 bits per heavy atom. The van der Waals surface area contributed by atoms with Crippen LogP contribution in [0.2, 0.25) is 0 Å². The van der Waals surface area contributed by atoms with Crippen molar-refractivity contribution in [2.24, 2.45) is 5.92 Å². The minimum absolute atomic E-state index is 0.269. The molecule has 0 aromatic heterocycles. The molecule has 1 atom stereocenters. The van der Waals surface area contributed by atoms with Gasteiger partial charge in [0.2, 0.25) is 0 Å². The number of benzene rings is 1. The third-order valence-corrected chi connectivity index (χ3v) is 2.58. The van der Waals surface area contributed by atoms with Crippen molar-refractivity contribution in [2.75, 3.05) is 7.11 Å². The first-order valence-corrected chi connectivity index (χ1v) is 5.56. The summed E-state index contributed by atoms with van der Waals surface area (Å²) in [5.74, 6) is 0.499. The maximum absolute atomic E-state index is 13.6. The van der Waals surface area contributed by atoms with E-state index in [0.29, 0.717) is 18.1 Å². The van der Waals surface area contributed by atoms with Crippen LogP contribution in [0.25, 0.3) is 0 Å². The van der Waals surface area contributed by atoms with Gasteiger partial charge in [0.05, 0.1) is 18.8 Å². The highest BCUT2D eigenvalue weighted by molar-refractivity contribution is 5.36. The van der Waals surface area contributed by atoms with Gasteiger partial charge in [0.15, 0.2) is 0 Å². The predicted molar refractivity (Wildman–Crippen MR) is 62.0 cm³/mol. The average Bonchev–Trinajstić information content (AvgIpc) is 2.25. The van der Waals surface area contributed by atoms with E-state index in [9.17, 15) is 9.50 Å². The van der Waals surface area contributed by atoms with Gasteiger partial charge in [-0.05, 0) is 30.9 Å². The fourth-order valence-electron chi connectivity index (χ4n) is 1.65. The Hall–Kier alpha value is -1.09. The molecule has 0 amide bonds. The molecule has 0 heterocycles. The normalized spacial score (nSPS) is 12.9. The van der Waals surface area contributed by atoms with E-state index in [1.165, 1.54) is 13.2 Å². The first-order chi connectivity index (χ1) is 7.56. The molecule has 1 unspecified atom stereocenters. The summed E-state index contributed by atoms with van der Waals surface area (Å²) in [4.78, 5) is 0. The van der Waals surface area contributed by atoms with E-state index >= 15 is 0 Å². The average molecular weight is 226 g/mol. The molecule has 2 nitrogen and oxygen atoms in total. The second-order valence-corrected chi connectivity index (χ2v) is 4.34. The summed E-state index contributed by atoms with van der Waals surface area (Å²) in [6.45, 7) is 4.15. The summed E-state index contributed by atoms with van der Waals surface area (Å²) < 4.78 is 18.6. The molecular formula is C13H19FO2. The van der Waals surface area contributed by atoms with E-state index in [4.69, 9.17) is 4.74 Å². The second kappa shape index (κ2) is 5.85. The summed E-state index contributed by atoms with van der Waals surface area (Å²) >= 11 is 0. The van der Waals surface area contributed by atoms with Gasteiger partial charge >= 0.3 is 0 Å². The van der Waals surface area contributed by atoms with Crippen molar-refractivity contribution >= 4 is 0 Å². The Kier molecular flexibility index (Phi) is 4.74. The highest BCUT2D eigenvalue weighted by Gasteiger charge is 2.18. The minimum atomic E-state index is -0.793. The summed E-state index contributed by atoms with van der Waals surface area (Å²) in [6, 6.07) is 4.58. The molecule has 0 spiro atoms. The molecule has 1 N–H and O–H groups in total. The molecule has 0 saturated heterocycles. The van der Waals surface area contributed by atoms with Crippen molar-refractivity contribution in [2.45, 2.75) is 32.8 Å². The molecule has 0 fully saturated rings. The molecule has 0 aliphatic heterocycles.